The van der Waals surface area contributed by atoms with Crippen molar-refractivity contribution in [1.29, 1.82) is 0 Å². The van der Waals surface area contributed by atoms with Gasteiger partial charge in [-0.3, -0.25) is 0 Å². The fourth-order valence-electron chi connectivity index (χ4n) is 1.84. The van der Waals surface area contributed by atoms with Crippen LogP contribution in [0, 0.1) is 0 Å². The minimum atomic E-state index is 0.656. The zero-order valence-electron chi connectivity index (χ0n) is 10.3. The Labute approximate surface area is 112 Å². The van der Waals surface area contributed by atoms with Gasteiger partial charge in [-0.1, -0.05) is 12.1 Å². The Balaban J connectivity index is 1.55. The van der Waals surface area contributed by atoms with Gasteiger partial charge in [0.15, 0.2) is 0 Å². The molecule has 0 bridgehead atoms. The SMILES string of the molecule is c1cc(CNC2CC2)cc(OCc2ccsc2)c1. The third-order valence-corrected chi connectivity index (χ3v) is 3.79. The van der Waals surface area contributed by atoms with Crippen LogP contribution in [0.1, 0.15) is 24.0 Å². The Morgan fingerprint density at radius 2 is 2.17 bits per heavy atom. The molecule has 1 aromatic heterocycles. The molecule has 1 N–H and O–H groups in total. The molecule has 1 fully saturated rings. The summed E-state index contributed by atoms with van der Waals surface area (Å²) in [5.41, 5.74) is 2.53. The second-order valence-electron chi connectivity index (χ2n) is 4.72. The maximum Gasteiger partial charge on any atom is 0.120 e. The highest BCUT2D eigenvalue weighted by molar-refractivity contribution is 7.07. The molecule has 2 aromatic rings. The van der Waals surface area contributed by atoms with Crippen molar-refractivity contribution < 1.29 is 4.74 Å². The van der Waals surface area contributed by atoms with Crippen molar-refractivity contribution in [2.75, 3.05) is 0 Å². The van der Waals surface area contributed by atoms with Crippen LogP contribution in [0.5, 0.6) is 5.75 Å². The predicted octanol–water partition coefficient (Wildman–Crippen LogP) is 3.58. The van der Waals surface area contributed by atoms with Gasteiger partial charge >= 0.3 is 0 Å². The summed E-state index contributed by atoms with van der Waals surface area (Å²) < 4.78 is 5.79. The highest BCUT2D eigenvalue weighted by Gasteiger charge is 2.19. The molecular weight excluding hydrogens is 242 g/mol. The van der Waals surface area contributed by atoms with Crippen LogP contribution in [-0.4, -0.2) is 6.04 Å². The van der Waals surface area contributed by atoms with Gasteiger partial charge in [0.25, 0.3) is 0 Å². The van der Waals surface area contributed by atoms with Gasteiger partial charge < -0.3 is 10.1 Å². The molecule has 18 heavy (non-hydrogen) atoms. The maximum atomic E-state index is 5.79. The molecule has 1 aliphatic rings. The molecule has 0 aliphatic heterocycles. The van der Waals surface area contributed by atoms with Gasteiger partial charge in [-0.05, 0) is 52.9 Å². The average molecular weight is 259 g/mol. The zero-order valence-corrected chi connectivity index (χ0v) is 11.1. The standard InChI is InChI=1S/C15H17NOS/c1-2-12(9-16-14-4-5-14)8-15(3-1)17-10-13-6-7-18-11-13/h1-3,6-8,11,14,16H,4-5,9-10H2. The van der Waals surface area contributed by atoms with Crippen molar-refractivity contribution in [2.45, 2.75) is 32.0 Å². The van der Waals surface area contributed by atoms with Gasteiger partial charge in [0.2, 0.25) is 0 Å². The number of ether oxygens (including phenoxy) is 1. The van der Waals surface area contributed by atoms with Crippen LogP contribution in [0.2, 0.25) is 0 Å². The largest absolute Gasteiger partial charge is 0.489 e. The minimum Gasteiger partial charge on any atom is -0.489 e. The molecule has 94 valence electrons. The van der Waals surface area contributed by atoms with Crippen molar-refractivity contribution in [3.8, 4) is 5.75 Å². The van der Waals surface area contributed by atoms with Gasteiger partial charge in [0, 0.05) is 12.6 Å². The van der Waals surface area contributed by atoms with Gasteiger partial charge in [-0.25, -0.2) is 0 Å². The van der Waals surface area contributed by atoms with Crippen molar-refractivity contribution in [3.05, 3.63) is 52.2 Å². The topological polar surface area (TPSA) is 21.3 Å². The quantitative estimate of drug-likeness (QED) is 0.856. The molecule has 0 saturated heterocycles. The second-order valence-corrected chi connectivity index (χ2v) is 5.50. The first kappa shape index (κ1) is 11.8. The Hall–Kier alpha value is -1.32. The highest BCUT2D eigenvalue weighted by Crippen LogP contribution is 2.20. The Morgan fingerprint density at radius 3 is 2.94 bits per heavy atom. The van der Waals surface area contributed by atoms with E-state index in [1.54, 1.807) is 11.3 Å². The molecule has 0 radical (unpaired) electrons. The Bertz CT molecular complexity index is 491. The number of benzene rings is 1. The smallest absolute Gasteiger partial charge is 0.120 e. The first-order valence-electron chi connectivity index (χ1n) is 6.36. The molecule has 0 amide bonds. The molecular formula is C15H17NOS. The van der Waals surface area contributed by atoms with Gasteiger partial charge in [-0.15, -0.1) is 0 Å². The predicted molar refractivity (Wildman–Crippen MR) is 75.0 cm³/mol. The van der Waals surface area contributed by atoms with E-state index in [9.17, 15) is 0 Å². The Kier molecular flexibility index (Phi) is 3.62. The molecule has 1 heterocycles. The summed E-state index contributed by atoms with van der Waals surface area (Å²) in [5, 5.41) is 7.72. The molecule has 1 aliphatic carbocycles. The highest BCUT2D eigenvalue weighted by atomic mass is 32.1. The van der Waals surface area contributed by atoms with Gasteiger partial charge in [0.05, 0.1) is 0 Å². The van der Waals surface area contributed by atoms with E-state index in [0.717, 1.165) is 18.3 Å². The molecule has 0 unspecified atom stereocenters. The first-order valence-corrected chi connectivity index (χ1v) is 7.30. The minimum absolute atomic E-state index is 0.656. The number of hydrogen-bond acceptors (Lipinski definition) is 3. The van der Waals surface area contributed by atoms with Crippen LogP contribution in [0.15, 0.2) is 41.1 Å². The van der Waals surface area contributed by atoms with Crippen LogP contribution >= 0.6 is 11.3 Å². The summed E-state index contributed by atoms with van der Waals surface area (Å²) in [4.78, 5) is 0. The average Bonchev–Trinajstić information content (AvgIpc) is 3.09. The van der Waals surface area contributed by atoms with Crippen LogP contribution in [0.4, 0.5) is 0 Å². The lowest BCUT2D eigenvalue weighted by Gasteiger charge is -2.08. The zero-order chi connectivity index (χ0) is 12.2. The van der Waals surface area contributed by atoms with Gasteiger partial charge in [0.1, 0.15) is 12.4 Å². The van der Waals surface area contributed by atoms with Crippen LogP contribution < -0.4 is 10.1 Å². The van der Waals surface area contributed by atoms with Crippen LogP contribution in [0.25, 0.3) is 0 Å². The lowest BCUT2D eigenvalue weighted by Crippen LogP contribution is -2.15. The Morgan fingerprint density at radius 1 is 1.22 bits per heavy atom. The molecule has 0 atom stereocenters. The molecule has 1 aromatic carbocycles. The summed E-state index contributed by atoms with van der Waals surface area (Å²) in [6.07, 6.45) is 2.66. The van der Waals surface area contributed by atoms with E-state index in [-0.39, 0.29) is 0 Å². The van der Waals surface area contributed by atoms with Crippen molar-refractivity contribution in [1.82, 2.24) is 5.32 Å². The number of rotatable bonds is 6. The normalized spacial score (nSPS) is 14.7. The van der Waals surface area contributed by atoms with Crippen LogP contribution in [-0.2, 0) is 13.2 Å². The van der Waals surface area contributed by atoms with E-state index < -0.39 is 0 Å². The van der Waals surface area contributed by atoms with Crippen molar-refractivity contribution in [3.63, 3.8) is 0 Å². The van der Waals surface area contributed by atoms with Crippen molar-refractivity contribution >= 4 is 11.3 Å². The summed E-state index contributed by atoms with van der Waals surface area (Å²) in [6.45, 7) is 1.60. The third kappa shape index (κ3) is 3.34. The lowest BCUT2D eigenvalue weighted by molar-refractivity contribution is 0.306. The molecule has 0 spiro atoms. The first-order chi connectivity index (χ1) is 8.90. The van der Waals surface area contributed by atoms with E-state index in [2.05, 4.69) is 40.3 Å². The van der Waals surface area contributed by atoms with E-state index in [4.69, 9.17) is 4.74 Å². The monoisotopic (exact) mass is 259 g/mol. The molecule has 3 rings (SSSR count). The van der Waals surface area contributed by atoms with E-state index in [1.165, 1.54) is 24.0 Å². The number of nitrogens with one attached hydrogen (secondary N) is 1. The molecule has 1 saturated carbocycles. The third-order valence-electron chi connectivity index (χ3n) is 3.06. The fourth-order valence-corrected chi connectivity index (χ4v) is 2.49. The molecule has 2 nitrogen and oxygen atoms in total. The van der Waals surface area contributed by atoms with Gasteiger partial charge in [-0.2, -0.15) is 11.3 Å². The van der Waals surface area contributed by atoms with E-state index in [0.29, 0.717) is 6.61 Å². The van der Waals surface area contributed by atoms with Crippen LogP contribution in [0.3, 0.4) is 0 Å². The number of thiophene rings is 1. The lowest BCUT2D eigenvalue weighted by atomic mass is 10.2. The van der Waals surface area contributed by atoms with E-state index in [1.807, 2.05) is 6.07 Å². The summed E-state index contributed by atoms with van der Waals surface area (Å²) in [7, 11) is 0. The number of hydrogen-bond donors (Lipinski definition) is 1. The van der Waals surface area contributed by atoms with Crippen molar-refractivity contribution in [2.24, 2.45) is 0 Å². The maximum absolute atomic E-state index is 5.79. The van der Waals surface area contributed by atoms with E-state index >= 15 is 0 Å². The summed E-state index contributed by atoms with van der Waals surface area (Å²) in [6, 6.07) is 11.2. The molecule has 3 heteroatoms. The summed E-state index contributed by atoms with van der Waals surface area (Å²) in [5.74, 6) is 0.955. The summed E-state index contributed by atoms with van der Waals surface area (Å²) >= 11 is 1.71. The second kappa shape index (κ2) is 5.55. The fraction of sp³-hybridized carbons (Fsp3) is 0.333.